The number of hydrogen-bond acceptors (Lipinski definition) is 4. The molecule has 2 N–H and O–H groups in total. The van der Waals surface area contributed by atoms with Crippen molar-refractivity contribution in [2.75, 3.05) is 7.11 Å². The second-order valence-corrected chi connectivity index (χ2v) is 4.70. The molecule has 0 fully saturated rings. The fourth-order valence-corrected chi connectivity index (χ4v) is 2.22. The van der Waals surface area contributed by atoms with E-state index in [1.54, 1.807) is 0 Å². The molecule has 17 heavy (non-hydrogen) atoms. The highest BCUT2D eigenvalue weighted by Crippen LogP contribution is 2.27. The molecule has 0 atom stereocenters. The van der Waals surface area contributed by atoms with Crippen LogP contribution >= 0.6 is 0 Å². The molecule has 0 amide bonds. The van der Waals surface area contributed by atoms with E-state index in [4.69, 9.17) is 14.4 Å². The highest BCUT2D eigenvalue weighted by molar-refractivity contribution is 7.85. The first-order chi connectivity index (χ1) is 7.86. The first-order valence-electron chi connectivity index (χ1n) is 4.71. The van der Waals surface area contributed by atoms with E-state index < -0.39 is 16.1 Å². The molecule has 0 aliphatic carbocycles. The van der Waals surface area contributed by atoms with Crippen LogP contribution in [0.5, 0.6) is 5.75 Å². The highest BCUT2D eigenvalue weighted by Gasteiger charge is 2.19. The minimum Gasteiger partial charge on any atom is -0.496 e. The number of aliphatic carboxylic acids is 1. The van der Waals surface area contributed by atoms with Crippen LogP contribution in [-0.4, -0.2) is 31.2 Å². The van der Waals surface area contributed by atoms with Crippen molar-refractivity contribution in [2.45, 2.75) is 17.7 Å². The van der Waals surface area contributed by atoms with Crippen LogP contribution in [0.4, 0.5) is 0 Å². The van der Waals surface area contributed by atoms with E-state index in [-0.39, 0.29) is 29.1 Å². The summed E-state index contributed by atoms with van der Waals surface area (Å²) in [6.45, 7) is 0. The predicted octanol–water partition coefficient (Wildman–Crippen LogP) is 0.959. The van der Waals surface area contributed by atoms with E-state index >= 15 is 0 Å². The maximum Gasteiger partial charge on any atom is 0.303 e. The Labute approximate surface area is 98.6 Å². The molecule has 0 saturated heterocycles. The topological polar surface area (TPSA) is 101 Å². The number of hydrogen-bond donors (Lipinski definition) is 2. The van der Waals surface area contributed by atoms with Gasteiger partial charge in [-0.05, 0) is 18.6 Å². The first kappa shape index (κ1) is 13.5. The molecule has 0 saturated carbocycles. The minimum atomic E-state index is -4.39. The lowest BCUT2D eigenvalue weighted by molar-refractivity contribution is -0.136. The Kier molecular flexibility index (Phi) is 4.08. The van der Waals surface area contributed by atoms with Gasteiger partial charge in [0.15, 0.2) is 0 Å². The van der Waals surface area contributed by atoms with Crippen LogP contribution < -0.4 is 4.74 Å². The Balaban J connectivity index is 3.26. The van der Waals surface area contributed by atoms with Gasteiger partial charge in [-0.1, -0.05) is 6.07 Å². The zero-order chi connectivity index (χ0) is 13.1. The summed E-state index contributed by atoms with van der Waals surface area (Å²) in [7, 11) is -3.05. The number of rotatable bonds is 5. The number of ether oxygens (including phenoxy) is 1. The van der Waals surface area contributed by atoms with E-state index in [2.05, 4.69) is 0 Å². The molecule has 7 heteroatoms. The van der Waals surface area contributed by atoms with Gasteiger partial charge in [-0.15, -0.1) is 0 Å². The summed E-state index contributed by atoms with van der Waals surface area (Å²) in [5.41, 5.74) is 0.167. The smallest absolute Gasteiger partial charge is 0.303 e. The van der Waals surface area contributed by atoms with Crippen LogP contribution in [0.2, 0.25) is 0 Å². The molecule has 94 valence electrons. The summed E-state index contributed by atoms with van der Waals surface area (Å²) in [5.74, 6) is -0.821. The van der Waals surface area contributed by atoms with Gasteiger partial charge < -0.3 is 9.84 Å². The molecule has 1 rings (SSSR count). The number of carboxylic acid groups (broad SMARTS) is 1. The normalized spacial score (nSPS) is 11.2. The van der Waals surface area contributed by atoms with Crippen LogP contribution in [0.25, 0.3) is 0 Å². The fraction of sp³-hybridized carbons (Fsp3) is 0.300. The van der Waals surface area contributed by atoms with Gasteiger partial charge in [0.25, 0.3) is 10.1 Å². The van der Waals surface area contributed by atoms with Crippen molar-refractivity contribution in [2.24, 2.45) is 0 Å². The van der Waals surface area contributed by atoms with Crippen molar-refractivity contribution in [3.63, 3.8) is 0 Å². The van der Waals surface area contributed by atoms with Gasteiger partial charge in [0.05, 0.1) is 7.11 Å². The number of methoxy groups -OCH3 is 1. The molecule has 0 aliphatic heterocycles. The second-order valence-electron chi connectivity index (χ2n) is 3.31. The molecule has 0 radical (unpaired) electrons. The van der Waals surface area contributed by atoms with Gasteiger partial charge in [0.2, 0.25) is 0 Å². The average molecular weight is 260 g/mol. The molecule has 0 unspecified atom stereocenters. The van der Waals surface area contributed by atoms with Crippen molar-refractivity contribution in [3.05, 3.63) is 23.8 Å². The second kappa shape index (κ2) is 5.15. The summed E-state index contributed by atoms with van der Waals surface area (Å²) in [6, 6.07) is 4.12. The van der Waals surface area contributed by atoms with E-state index in [0.29, 0.717) is 0 Å². The Morgan fingerprint density at radius 1 is 1.41 bits per heavy atom. The molecule has 0 aromatic heterocycles. The number of carbonyl (C=O) groups is 1. The van der Waals surface area contributed by atoms with Crippen LogP contribution in [0.3, 0.4) is 0 Å². The lowest BCUT2D eigenvalue weighted by atomic mass is 10.1. The fourth-order valence-electron chi connectivity index (χ4n) is 1.46. The zero-order valence-electron chi connectivity index (χ0n) is 9.08. The third-order valence-corrected chi connectivity index (χ3v) is 3.12. The van der Waals surface area contributed by atoms with Gasteiger partial charge in [-0.25, -0.2) is 0 Å². The van der Waals surface area contributed by atoms with Gasteiger partial charge in [0, 0.05) is 12.0 Å². The Morgan fingerprint density at radius 3 is 2.53 bits per heavy atom. The maximum absolute atomic E-state index is 11.1. The Hall–Kier alpha value is -1.60. The van der Waals surface area contributed by atoms with Crippen molar-refractivity contribution >= 4 is 16.1 Å². The molecule has 0 heterocycles. The molecule has 6 nitrogen and oxygen atoms in total. The van der Waals surface area contributed by atoms with E-state index in [9.17, 15) is 13.2 Å². The van der Waals surface area contributed by atoms with Gasteiger partial charge in [0.1, 0.15) is 10.6 Å². The van der Waals surface area contributed by atoms with Gasteiger partial charge in [-0.2, -0.15) is 8.42 Å². The Bertz CT molecular complexity index is 520. The van der Waals surface area contributed by atoms with Gasteiger partial charge >= 0.3 is 5.97 Å². The lowest BCUT2D eigenvalue weighted by Gasteiger charge is -2.10. The first-order valence-corrected chi connectivity index (χ1v) is 6.15. The van der Waals surface area contributed by atoms with Crippen molar-refractivity contribution in [1.29, 1.82) is 0 Å². The minimum absolute atomic E-state index is 0.0333. The molecule has 1 aromatic carbocycles. The van der Waals surface area contributed by atoms with Gasteiger partial charge in [-0.3, -0.25) is 9.35 Å². The molecular weight excluding hydrogens is 248 g/mol. The third kappa shape index (κ3) is 3.43. The largest absolute Gasteiger partial charge is 0.496 e. The summed E-state index contributed by atoms with van der Waals surface area (Å²) in [6.07, 6.45) is -0.280. The maximum atomic E-state index is 11.1. The molecular formula is C10H12O6S. The van der Waals surface area contributed by atoms with E-state index in [1.165, 1.54) is 25.3 Å². The van der Waals surface area contributed by atoms with Crippen LogP contribution in [0.1, 0.15) is 12.0 Å². The quantitative estimate of drug-likeness (QED) is 0.765. The third-order valence-electron chi connectivity index (χ3n) is 2.18. The molecule has 1 aromatic rings. The average Bonchev–Trinajstić information content (AvgIpc) is 2.24. The number of benzene rings is 1. The zero-order valence-corrected chi connectivity index (χ0v) is 9.90. The van der Waals surface area contributed by atoms with Crippen LogP contribution in [0.15, 0.2) is 23.1 Å². The summed E-state index contributed by atoms with van der Waals surface area (Å²) >= 11 is 0. The SMILES string of the molecule is COc1cccc(S(=O)(=O)O)c1CCC(=O)O. The Morgan fingerprint density at radius 2 is 2.06 bits per heavy atom. The highest BCUT2D eigenvalue weighted by atomic mass is 32.2. The van der Waals surface area contributed by atoms with Crippen molar-refractivity contribution < 1.29 is 27.6 Å². The molecule has 0 aliphatic rings. The van der Waals surface area contributed by atoms with E-state index in [0.717, 1.165) is 0 Å². The van der Waals surface area contributed by atoms with Crippen LogP contribution in [0, 0.1) is 0 Å². The monoisotopic (exact) mass is 260 g/mol. The summed E-state index contributed by atoms with van der Waals surface area (Å²) in [5, 5.41) is 8.58. The molecule has 0 spiro atoms. The standard InChI is InChI=1S/C10H12O6S/c1-16-8-3-2-4-9(17(13,14)15)7(8)5-6-10(11)12/h2-4H,5-6H2,1H3,(H,11,12)(H,13,14,15). The van der Waals surface area contributed by atoms with Crippen molar-refractivity contribution in [3.8, 4) is 5.75 Å². The summed E-state index contributed by atoms with van der Waals surface area (Å²) < 4.78 is 36.2. The van der Waals surface area contributed by atoms with Crippen LogP contribution in [-0.2, 0) is 21.3 Å². The summed E-state index contributed by atoms with van der Waals surface area (Å²) in [4.78, 5) is 10.2. The number of carboxylic acids is 1. The predicted molar refractivity (Wildman–Crippen MR) is 58.8 cm³/mol. The van der Waals surface area contributed by atoms with E-state index in [1.807, 2.05) is 0 Å². The lowest BCUT2D eigenvalue weighted by Crippen LogP contribution is -2.07. The van der Waals surface area contributed by atoms with Crippen molar-refractivity contribution in [1.82, 2.24) is 0 Å². The molecule has 0 bridgehead atoms.